The quantitative estimate of drug-likeness (QED) is 0.841. The molecule has 0 saturated heterocycles. The molecule has 1 rings (SSSR count). The minimum Gasteiger partial charge on any atom is -0.387 e. The molecule has 1 N–H and O–H groups in total. The summed E-state index contributed by atoms with van der Waals surface area (Å²) in [6.07, 6.45) is 1.85. The molecule has 1 unspecified atom stereocenters. The van der Waals surface area contributed by atoms with E-state index in [0.717, 1.165) is 5.56 Å². The Kier molecular flexibility index (Phi) is 5.08. The SMILES string of the molecule is CCS(=O)(=O)CCCC(O)c1ncccc1C. The number of pyridine rings is 1. The fraction of sp³-hybridized carbons (Fsp3) is 0.583. The first-order chi connectivity index (χ1) is 7.96. The smallest absolute Gasteiger partial charge is 0.150 e. The molecule has 0 radical (unpaired) electrons. The van der Waals surface area contributed by atoms with Crippen LogP contribution in [-0.2, 0) is 9.84 Å². The number of nitrogens with zero attached hydrogens (tertiary/aromatic N) is 1. The van der Waals surface area contributed by atoms with Crippen LogP contribution >= 0.6 is 0 Å². The van der Waals surface area contributed by atoms with Crippen LogP contribution in [0, 0.1) is 6.92 Å². The Balaban J connectivity index is 2.51. The van der Waals surface area contributed by atoms with Crippen LogP contribution in [0.25, 0.3) is 0 Å². The standard InChI is InChI=1S/C12H19NO3S/c1-3-17(15,16)9-5-7-11(14)12-10(2)6-4-8-13-12/h4,6,8,11,14H,3,5,7,9H2,1-2H3. The van der Waals surface area contributed by atoms with E-state index in [9.17, 15) is 13.5 Å². The van der Waals surface area contributed by atoms with E-state index < -0.39 is 15.9 Å². The van der Waals surface area contributed by atoms with Gasteiger partial charge in [-0.25, -0.2) is 8.42 Å². The van der Waals surface area contributed by atoms with Gasteiger partial charge in [-0.3, -0.25) is 4.98 Å². The largest absolute Gasteiger partial charge is 0.387 e. The minimum absolute atomic E-state index is 0.131. The van der Waals surface area contributed by atoms with Gasteiger partial charge in [0.1, 0.15) is 9.84 Å². The highest BCUT2D eigenvalue weighted by atomic mass is 32.2. The first kappa shape index (κ1) is 14.1. The molecule has 0 aliphatic carbocycles. The predicted octanol–water partition coefficient (Wildman–Crippen LogP) is 1.64. The Morgan fingerprint density at radius 1 is 1.47 bits per heavy atom. The first-order valence-corrected chi connectivity index (χ1v) is 7.58. The van der Waals surface area contributed by atoms with Crippen LogP contribution in [0.15, 0.2) is 18.3 Å². The van der Waals surface area contributed by atoms with Crippen molar-refractivity contribution in [2.24, 2.45) is 0 Å². The normalized spacial score (nSPS) is 13.6. The van der Waals surface area contributed by atoms with E-state index in [-0.39, 0.29) is 11.5 Å². The maximum Gasteiger partial charge on any atom is 0.150 e. The molecule has 1 aromatic heterocycles. The summed E-state index contributed by atoms with van der Waals surface area (Å²) in [4.78, 5) is 4.11. The number of aryl methyl sites for hydroxylation is 1. The monoisotopic (exact) mass is 257 g/mol. The highest BCUT2D eigenvalue weighted by molar-refractivity contribution is 7.91. The number of aromatic nitrogens is 1. The third-order valence-electron chi connectivity index (χ3n) is 2.74. The van der Waals surface area contributed by atoms with Crippen molar-refractivity contribution in [2.45, 2.75) is 32.8 Å². The second kappa shape index (κ2) is 6.12. The molecule has 1 heterocycles. The molecule has 4 nitrogen and oxygen atoms in total. The van der Waals surface area contributed by atoms with Crippen molar-refractivity contribution in [1.82, 2.24) is 4.98 Å². The lowest BCUT2D eigenvalue weighted by Gasteiger charge is -2.12. The number of hydrogen-bond acceptors (Lipinski definition) is 4. The van der Waals surface area contributed by atoms with Gasteiger partial charge in [0.05, 0.1) is 17.6 Å². The lowest BCUT2D eigenvalue weighted by atomic mass is 10.1. The Labute approximate surface area is 103 Å². The van der Waals surface area contributed by atoms with Gasteiger partial charge in [0.15, 0.2) is 0 Å². The lowest BCUT2D eigenvalue weighted by Crippen LogP contribution is -2.10. The summed E-state index contributed by atoms with van der Waals surface area (Å²) in [5, 5.41) is 9.91. The van der Waals surface area contributed by atoms with Crippen molar-refractivity contribution in [1.29, 1.82) is 0 Å². The Hall–Kier alpha value is -0.940. The van der Waals surface area contributed by atoms with Crippen LogP contribution in [0.4, 0.5) is 0 Å². The van der Waals surface area contributed by atoms with Gasteiger partial charge in [-0.2, -0.15) is 0 Å². The fourth-order valence-corrected chi connectivity index (χ4v) is 2.52. The number of aliphatic hydroxyl groups is 1. The highest BCUT2D eigenvalue weighted by Crippen LogP contribution is 2.19. The molecule has 96 valence electrons. The Morgan fingerprint density at radius 3 is 2.76 bits per heavy atom. The summed E-state index contributed by atoms with van der Waals surface area (Å²) >= 11 is 0. The maximum atomic E-state index is 11.3. The van der Waals surface area contributed by atoms with E-state index in [1.165, 1.54) is 0 Å². The van der Waals surface area contributed by atoms with Gasteiger partial charge in [0, 0.05) is 11.9 Å². The summed E-state index contributed by atoms with van der Waals surface area (Å²) in [5.74, 6) is 0.290. The average Bonchev–Trinajstić information content (AvgIpc) is 2.29. The van der Waals surface area contributed by atoms with Crippen LogP contribution in [0.1, 0.15) is 37.1 Å². The van der Waals surface area contributed by atoms with Crippen LogP contribution in [0.5, 0.6) is 0 Å². The van der Waals surface area contributed by atoms with Gasteiger partial charge in [0.2, 0.25) is 0 Å². The molecule has 0 bridgehead atoms. The predicted molar refractivity (Wildman–Crippen MR) is 67.5 cm³/mol. The molecule has 0 aliphatic rings. The molecule has 1 aromatic rings. The molecule has 1 atom stereocenters. The lowest BCUT2D eigenvalue weighted by molar-refractivity contribution is 0.161. The third-order valence-corrected chi connectivity index (χ3v) is 4.53. The van der Waals surface area contributed by atoms with Gasteiger partial charge in [-0.1, -0.05) is 13.0 Å². The van der Waals surface area contributed by atoms with Crippen molar-refractivity contribution in [2.75, 3.05) is 11.5 Å². The Bertz CT molecular complexity index is 457. The number of aliphatic hydroxyl groups excluding tert-OH is 1. The molecule has 0 saturated carbocycles. The molecule has 0 aromatic carbocycles. The molecule has 0 fully saturated rings. The van der Waals surface area contributed by atoms with Crippen LogP contribution in [0.3, 0.4) is 0 Å². The molecular formula is C12H19NO3S. The van der Waals surface area contributed by atoms with Crippen molar-refractivity contribution >= 4 is 9.84 Å². The van der Waals surface area contributed by atoms with Gasteiger partial charge in [-0.15, -0.1) is 0 Å². The zero-order valence-electron chi connectivity index (χ0n) is 10.3. The summed E-state index contributed by atoms with van der Waals surface area (Å²) in [5.41, 5.74) is 1.57. The third kappa shape index (κ3) is 4.44. The molecule has 0 amide bonds. The molecule has 5 heteroatoms. The number of rotatable bonds is 6. The van der Waals surface area contributed by atoms with Crippen molar-refractivity contribution < 1.29 is 13.5 Å². The second-order valence-corrected chi connectivity index (χ2v) is 6.57. The van der Waals surface area contributed by atoms with Crippen LogP contribution < -0.4 is 0 Å². The van der Waals surface area contributed by atoms with Gasteiger partial charge in [0.25, 0.3) is 0 Å². The summed E-state index contributed by atoms with van der Waals surface area (Å²) < 4.78 is 22.6. The van der Waals surface area contributed by atoms with E-state index in [4.69, 9.17) is 0 Å². The fourth-order valence-electron chi connectivity index (χ4n) is 1.62. The van der Waals surface area contributed by atoms with Gasteiger partial charge < -0.3 is 5.11 Å². The molecule has 0 aliphatic heterocycles. The summed E-state index contributed by atoms with van der Waals surface area (Å²) in [7, 11) is -2.94. The molecule has 17 heavy (non-hydrogen) atoms. The Morgan fingerprint density at radius 2 is 2.18 bits per heavy atom. The van der Waals surface area contributed by atoms with E-state index in [2.05, 4.69) is 4.98 Å². The maximum absolute atomic E-state index is 11.3. The number of sulfone groups is 1. The van der Waals surface area contributed by atoms with Crippen molar-refractivity contribution in [3.8, 4) is 0 Å². The van der Waals surface area contributed by atoms with Crippen LogP contribution in [0.2, 0.25) is 0 Å². The minimum atomic E-state index is -2.94. The second-order valence-electron chi connectivity index (χ2n) is 4.10. The first-order valence-electron chi connectivity index (χ1n) is 5.76. The topological polar surface area (TPSA) is 67.3 Å². The van der Waals surface area contributed by atoms with E-state index >= 15 is 0 Å². The molecule has 0 spiro atoms. The zero-order valence-corrected chi connectivity index (χ0v) is 11.1. The highest BCUT2D eigenvalue weighted by Gasteiger charge is 2.13. The summed E-state index contributed by atoms with van der Waals surface area (Å²) in [6.45, 7) is 3.52. The zero-order chi connectivity index (χ0) is 12.9. The van der Waals surface area contributed by atoms with Gasteiger partial charge in [-0.05, 0) is 31.4 Å². The molecular weight excluding hydrogens is 238 g/mol. The van der Waals surface area contributed by atoms with Crippen molar-refractivity contribution in [3.05, 3.63) is 29.6 Å². The average molecular weight is 257 g/mol. The van der Waals surface area contributed by atoms with E-state index in [1.54, 1.807) is 13.1 Å². The van der Waals surface area contributed by atoms with E-state index in [0.29, 0.717) is 18.5 Å². The number of hydrogen-bond donors (Lipinski definition) is 1. The van der Waals surface area contributed by atoms with Gasteiger partial charge >= 0.3 is 0 Å². The van der Waals surface area contributed by atoms with E-state index in [1.807, 2.05) is 19.1 Å². The van der Waals surface area contributed by atoms with Crippen molar-refractivity contribution in [3.63, 3.8) is 0 Å². The van der Waals surface area contributed by atoms with Crippen LogP contribution in [-0.4, -0.2) is 30.0 Å². The summed E-state index contributed by atoms with van der Waals surface area (Å²) in [6, 6.07) is 3.70.